The maximum absolute atomic E-state index is 12.1. The lowest BCUT2D eigenvalue weighted by Crippen LogP contribution is -2.31. The number of hydrogen-bond acceptors (Lipinski definition) is 2. The van der Waals surface area contributed by atoms with Gasteiger partial charge in [-0.1, -0.05) is 20.3 Å². The molecule has 2 saturated carbocycles. The van der Waals surface area contributed by atoms with E-state index in [2.05, 4.69) is 19.2 Å². The Balaban J connectivity index is 1.97. The summed E-state index contributed by atoms with van der Waals surface area (Å²) in [5, 5.41) is 12.1. The highest BCUT2D eigenvalue weighted by atomic mass is 16.3. The lowest BCUT2D eigenvalue weighted by atomic mass is 9.73. The van der Waals surface area contributed by atoms with Crippen LogP contribution in [0.3, 0.4) is 0 Å². The van der Waals surface area contributed by atoms with Crippen LogP contribution in [0, 0.1) is 16.2 Å². The lowest BCUT2D eigenvalue weighted by Gasteiger charge is -2.31. The average Bonchev–Trinajstić information content (AvgIpc) is 2.39. The third-order valence-corrected chi connectivity index (χ3v) is 5.72. The molecule has 1 saturated heterocycles. The molecule has 2 aliphatic carbocycles. The van der Waals surface area contributed by atoms with Crippen molar-refractivity contribution < 1.29 is 9.90 Å². The molecule has 1 aliphatic heterocycles. The number of carbonyl (C=O) groups excluding carboxylic acids is 1. The molecular formula is C12H19NO2. The van der Waals surface area contributed by atoms with Crippen molar-refractivity contribution in [1.29, 1.82) is 0 Å². The van der Waals surface area contributed by atoms with Gasteiger partial charge in [0.15, 0.2) is 0 Å². The summed E-state index contributed by atoms with van der Waals surface area (Å²) in [6, 6.07) is -0.00301. The highest BCUT2D eigenvalue weighted by Gasteiger charge is 2.87. The molecule has 3 aliphatic rings. The van der Waals surface area contributed by atoms with Crippen molar-refractivity contribution in [3.8, 4) is 0 Å². The number of nitrogens with one attached hydrogen (secondary N) is 1. The minimum absolute atomic E-state index is 0.00301. The summed E-state index contributed by atoms with van der Waals surface area (Å²) < 4.78 is 0. The minimum atomic E-state index is -0.147. The van der Waals surface area contributed by atoms with E-state index in [0.29, 0.717) is 0 Å². The summed E-state index contributed by atoms with van der Waals surface area (Å²) in [7, 11) is 0. The van der Waals surface area contributed by atoms with Gasteiger partial charge in [0, 0.05) is 0 Å². The fourth-order valence-corrected chi connectivity index (χ4v) is 4.62. The Hall–Kier alpha value is -0.570. The van der Waals surface area contributed by atoms with E-state index < -0.39 is 0 Å². The summed E-state index contributed by atoms with van der Waals surface area (Å²) in [6.07, 6.45) is 4.51. The van der Waals surface area contributed by atoms with E-state index in [1.54, 1.807) is 0 Å². The predicted molar refractivity (Wildman–Crippen MR) is 56.1 cm³/mol. The molecule has 0 aromatic carbocycles. The standard InChI is InChI=1S/C12H19NO2/c1-10(2)11(4-3-5-11)12(10)6-8(7-14)13-9(12)15/h8,14H,3-7H2,1-2H3,(H,13,15)/t8?,12-/m1/s1. The number of aliphatic hydroxyl groups excluding tert-OH is 1. The molecule has 0 radical (unpaired) electrons. The van der Waals surface area contributed by atoms with Crippen molar-refractivity contribution in [3.05, 3.63) is 0 Å². The van der Waals surface area contributed by atoms with Crippen LogP contribution >= 0.6 is 0 Å². The predicted octanol–water partition coefficient (Wildman–Crippen LogP) is 1.06. The third kappa shape index (κ3) is 0.718. The Labute approximate surface area is 90.2 Å². The van der Waals surface area contributed by atoms with Crippen LogP contribution < -0.4 is 5.32 Å². The van der Waals surface area contributed by atoms with Gasteiger partial charge in [-0.25, -0.2) is 0 Å². The molecule has 3 fully saturated rings. The molecule has 3 heteroatoms. The highest BCUT2D eigenvalue weighted by Crippen LogP contribution is 2.87. The Morgan fingerprint density at radius 1 is 1.47 bits per heavy atom. The second kappa shape index (κ2) is 2.40. The van der Waals surface area contributed by atoms with Crippen molar-refractivity contribution >= 4 is 5.91 Å². The minimum Gasteiger partial charge on any atom is -0.394 e. The van der Waals surface area contributed by atoms with E-state index in [1.165, 1.54) is 19.3 Å². The molecule has 3 rings (SSSR count). The molecule has 0 aromatic heterocycles. The van der Waals surface area contributed by atoms with Crippen LogP contribution in [0.15, 0.2) is 0 Å². The van der Waals surface area contributed by atoms with Crippen molar-refractivity contribution in [2.45, 2.75) is 45.6 Å². The number of carbonyl (C=O) groups is 1. The van der Waals surface area contributed by atoms with Gasteiger partial charge in [0.2, 0.25) is 5.91 Å². The lowest BCUT2D eigenvalue weighted by molar-refractivity contribution is -0.126. The van der Waals surface area contributed by atoms with Crippen molar-refractivity contribution in [2.24, 2.45) is 16.2 Å². The maximum atomic E-state index is 12.1. The number of amides is 1. The molecule has 2 N–H and O–H groups in total. The fraction of sp³-hybridized carbons (Fsp3) is 0.917. The van der Waals surface area contributed by atoms with Gasteiger partial charge in [0.1, 0.15) is 0 Å². The van der Waals surface area contributed by atoms with E-state index in [9.17, 15) is 4.79 Å². The Morgan fingerprint density at radius 2 is 2.13 bits per heavy atom. The highest BCUT2D eigenvalue weighted by molar-refractivity contribution is 5.92. The van der Waals surface area contributed by atoms with E-state index in [-0.39, 0.29) is 34.8 Å². The smallest absolute Gasteiger partial charge is 0.227 e. The number of fused-ring (bicyclic) bond motifs is 1. The monoisotopic (exact) mass is 209 g/mol. The van der Waals surface area contributed by atoms with Gasteiger partial charge < -0.3 is 10.4 Å². The second-order valence-electron chi connectivity index (χ2n) is 6.02. The molecule has 1 unspecified atom stereocenters. The normalized spacial score (nSPS) is 44.2. The van der Waals surface area contributed by atoms with Crippen LogP contribution in [0.25, 0.3) is 0 Å². The Bertz CT molecular complexity index is 333. The van der Waals surface area contributed by atoms with Crippen LogP contribution in [0.4, 0.5) is 0 Å². The summed E-state index contributed by atoms with van der Waals surface area (Å²) in [6.45, 7) is 4.54. The van der Waals surface area contributed by atoms with Gasteiger partial charge in [-0.3, -0.25) is 4.79 Å². The fourth-order valence-electron chi connectivity index (χ4n) is 4.62. The second-order valence-corrected chi connectivity index (χ2v) is 6.02. The van der Waals surface area contributed by atoms with Gasteiger partial charge in [-0.2, -0.15) is 0 Å². The average molecular weight is 209 g/mol. The van der Waals surface area contributed by atoms with Crippen LogP contribution in [-0.2, 0) is 4.79 Å². The molecule has 1 heterocycles. The van der Waals surface area contributed by atoms with E-state index in [1.807, 2.05) is 0 Å². The van der Waals surface area contributed by atoms with E-state index in [0.717, 1.165) is 6.42 Å². The summed E-state index contributed by atoms with van der Waals surface area (Å²) in [5.74, 6) is 0.200. The molecule has 3 nitrogen and oxygen atoms in total. The molecule has 15 heavy (non-hydrogen) atoms. The van der Waals surface area contributed by atoms with Gasteiger partial charge in [-0.05, 0) is 30.1 Å². The summed E-state index contributed by atoms with van der Waals surface area (Å²) in [4.78, 5) is 12.1. The first-order valence-corrected chi connectivity index (χ1v) is 5.94. The van der Waals surface area contributed by atoms with Gasteiger partial charge in [-0.15, -0.1) is 0 Å². The SMILES string of the molecule is CC1(C)C2(CCC2)[C@@]12CC(CO)NC2=O. The topological polar surface area (TPSA) is 49.3 Å². The largest absolute Gasteiger partial charge is 0.394 e. The van der Waals surface area contributed by atoms with Crippen LogP contribution in [0.2, 0.25) is 0 Å². The zero-order valence-corrected chi connectivity index (χ0v) is 9.47. The molecular weight excluding hydrogens is 190 g/mol. The van der Waals surface area contributed by atoms with Crippen LogP contribution in [-0.4, -0.2) is 23.7 Å². The van der Waals surface area contributed by atoms with Gasteiger partial charge in [0.05, 0.1) is 18.1 Å². The molecule has 0 aromatic rings. The zero-order valence-electron chi connectivity index (χ0n) is 9.47. The third-order valence-electron chi connectivity index (χ3n) is 5.72. The van der Waals surface area contributed by atoms with E-state index in [4.69, 9.17) is 5.11 Å². The maximum Gasteiger partial charge on any atom is 0.227 e. The molecule has 84 valence electrons. The first-order valence-electron chi connectivity index (χ1n) is 5.94. The summed E-state index contributed by atoms with van der Waals surface area (Å²) in [5.41, 5.74) is 0.270. The van der Waals surface area contributed by atoms with Crippen LogP contribution in [0.5, 0.6) is 0 Å². The van der Waals surface area contributed by atoms with Crippen LogP contribution in [0.1, 0.15) is 39.5 Å². The Morgan fingerprint density at radius 3 is 2.47 bits per heavy atom. The van der Waals surface area contributed by atoms with Gasteiger partial charge in [0.25, 0.3) is 0 Å². The van der Waals surface area contributed by atoms with Crippen molar-refractivity contribution in [2.75, 3.05) is 6.61 Å². The molecule has 2 spiro atoms. The number of rotatable bonds is 1. The first kappa shape index (κ1) is 9.64. The van der Waals surface area contributed by atoms with Crippen molar-refractivity contribution in [1.82, 2.24) is 5.32 Å². The van der Waals surface area contributed by atoms with E-state index >= 15 is 0 Å². The Kier molecular flexibility index (Phi) is 1.54. The first-order chi connectivity index (χ1) is 7.02. The molecule has 2 atom stereocenters. The quantitative estimate of drug-likeness (QED) is 0.678. The van der Waals surface area contributed by atoms with Gasteiger partial charge >= 0.3 is 0 Å². The zero-order chi connectivity index (χ0) is 10.9. The summed E-state index contributed by atoms with van der Waals surface area (Å²) >= 11 is 0. The number of hydrogen-bond donors (Lipinski definition) is 2. The number of aliphatic hydroxyl groups is 1. The van der Waals surface area contributed by atoms with Crippen molar-refractivity contribution in [3.63, 3.8) is 0 Å². The molecule has 0 bridgehead atoms. The molecule has 1 amide bonds.